The predicted octanol–water partition coefficient (Wildman–Crippen LogP) is 2.47. The summed E-state index contributed by atoms with van der Waals surface area (Å²) in [5, 5.41) is 14.4. The van der Waals surface area contributed by atoms with E-state index < -0.39 is 5.41 Å². The molecule has 16 heavy (non-hydrogen) atoms. The van der Waals surface area contributed by atoms with Crippen molar-refractivity contribution >= 4 is 22.4 Å². The SMILES string of the molecule is Cc1csc(NC(=O)C2(C#N)CCCC2)n1. The van der Waals surface area contributed by atoms with Gasteiger partial charge in [-0.15, -0.1) is 11.3 Å². The van der Waals surface area contributed by atoms with Crippen LogP contribution in [0.15, 0.2) is 5.38 Å². The smallest absolute Gasteiger partial charge is 0.246 e. The number of nitrogens with one attached hydrogen (secondary N) is 1. The average molecular weight is 235 g/mol. The molecular weight excluding hydrogens is 222 g/mol. The highest BCUT2D eigenvalue weighted by Gasteiger charge is 2.41. The van der Waals surface area contributed by atoms with Gasteiger partial charge in [-0.2, -0.15) is 5.26 Å². The zero-order chi connectivity index (χ0) is 11.6. The number of carbonyl (C=O) groups is 1. The van der Waals surface area contributed by atoms with Crippen LogP contribution >= 0.6 is 11.3 Å². The quantitative estimate of drug-likeness (QED) is 0.856. The Bertz CT molecular complexity index is 440. The number of aromatic nitrogens is 1. The van der Waals surface area contributed by atoms with Crippen molar-refractivity contribution in [2.24, 2.45) is 5.41 Å². The molecular formula is C11H13N3OS. The molecule has 0 spiro atoms. The number of nitrogens with zero attached hydrogens (tertiary/aromatic N) is 2. The van der Waals surface area contributed by atoms with Gasteiger partial charge in [0.2, 0.25) is 5.91 Å². The molecule has 1 fully saturated rings. The molecule has 1 aromatic rings. The Hall–Kier alpha value is -1.41. The van der Waals surface area contributed by atoms with Crippen molar-refractivity contribution in [3.05, 3.63) is 11.1 Å². The highest BCUT2D eigenvalue weighted by Crippen LogP contribution is 2.38. The van der Waals surface area contributed by atoms with E-state index in [2.05, 4.69) is 16.4 Å². The number of aryl methyl sites for hydroxylation is 1. The lowest BCUT2D eigenvalue weighted by Gasteiger charge is -2.17. The minimum atomic E-state index is -0.820. The Morgan fingerprint density at radius 2 is 2.31 bits per heavy atom. The Morgan fingerprint density at radius 3 is 2.81 bits per heavy atom. The summed E-state index contributed by atoms with van der Waals surface area (Å²) >= 11 is 1.39. The summed E-state index contributed by atoms with van der Waals surface area (Å²) in [6.45, 7) is 1.88. The van der Waals surface area contributed by atoms with Gasteiger partial charge in [0.15, 0.2) is 5.13 Å². The van der Waals surface area contributed by atoms with E-state index in [0.717, 1.165) is 18.5 Å². The topological polar surface area (TPSA) is 65.8 Å². The average Bonchev–Trinajstić information content (AvgIpc) is 2.88. The first-order chi connectivity index (χ1) is 7.66. The van der Waals surface area contributed by atoms with E-state index in [1.54, 1.807) is 0 Å². The fourth-order valence-corrected chi connectivity index (χ4v) is 2.68. The molecule has 0 radical (unpaired) electrons. The summed E-state index contributed by atoms with van der Waals surface area (Å²) in [5.41, 5.74) is 0.0669. The van der Waals surface area contributed by atoms with Gasteiger partial charge >= 0.3 is 0 Å². The number of nitriles is 1. The molecule has 1 aromatic heterocycles. The Labute approximate surface area is 98.3 Å². The monoisotopic (exact) mass is 235 g/mol. The minimum Gasteiger partial charge on any atom is -0.301 e. The second-order valence-electron chi connectivity index (χ2n) is 4.15. The van der Waals surface area contributed by atoms with E-state index >= 15 is 0 Å². The maximum Gasteiger partial charge on any atom is 0.246 e. The van der Waals surface area contributed by atoms with E-state index in [-0.39, 0.29) is 5.91 Å². The lowest BCUT2D eigenvalue weighted by atomic mass is 9.87. The standard InChI is InChI=1S/C11H13N3OS/c1-8-6-16-10(13-8)14-9(15)11(7-12)4-2-3-5-11/h6H,2-5H2,1H3,(H,13,14,15). The lowest BCUT2D eigenvalue weighted by Crippen LogP contribution is -2.32. The Balaban J connectivity index is 2.11. The third kappa shape index (κ3) is 1.93. The van der Waals surface area contributed by atoms with Gasteiger partial charge in [0.05, 0.1) is 11.8 Å². The maximum atomic E-state index is 12.0. The van der Waals surface area contributed by atoms with E-state index in [4.69, 9.17) is 5.26 Å². The fourth-order valence-electron chi connectivity index (χ4n) is 2.00. The molecule has 1 N–H and O–H groups in total. The lowest BCUT2D eigenvalue weighted by molar-refractivity contribution is -0.122. The van der Waals surface area contributed by atoms with Gasteiger partial charge in [0.25, 0.3) is 0 Å². The first kappa shape index (κ1) is 11.1. The molecule has 0 atom stereocenters. The van der Waals surface area contributed by atoms with Gasteiger partial charge in [-0.25, -0.2) is 4.98 Å². The summed E-state index contributed by atoms with van der Waals surface area (Å²) < 4.78 is 0. The summed E-state index contributed by atoms with van der Waals surface area (Å²) in [7, 11) is 0. The third-order valence-electron chi connectivity index (χ3n) is 2.95. The molecule has 0 saturated heterocycles. The molecule has 84 valence electrons. The molecule has 2 rings (SSSR count). The van der Waals surface area contributed by atoms with Gasteiger partial charge in [0, 0.05) is 5.38 Å². The van der Waals surface area contributed by atoms with Crippen LogP contribution in [0.1, 0.15) is 31.4 Å². The number of amides is 1. The number of hydrogen-bond acceptors (Lipinski definition) is 4. The van der Waals surface area contributed by atoms with Crippen LogP contribution in [-0.4, -0.2) is 10.9 Å². The molecule has 1 aliphatic carbocycles. The zero-order valence-electron chi connectivity index (χ0n) is 9.12. The predicted molar refractivity (Wildman–Crippen MR) is 62.0 cm³/mol. The normalized spacial score (nSPS) is 18.0. The molecule has 4 nitrogen and oxygen atoms in total. The number of anilines is 1. The molecule has 1 aliphatic rings. The van der Waals surface area contributed by atoms with Gasteiger partial charge in [0.1, 0.15) is 5.41 Å². The highest BCUT2D eigenvalue weighted by atomic mass is 32.1. The van der Waals surface area contributed by atoms with Crippen LogP contribution in [-0.2, 0) is 4.79 Å². The molecule has 0 unspecified atom stereocenters. The van der Waals surface area contributed by atoms with Crippen LogP contribution in [0.25, 0.3) is 0 Å². The van der Waals surface area contributed by atoms with Crippen molar-refractivity contribution < 1.29 is 4.79 Å². The number of carbonyl (C=O) groups excluding carboxylic acids is 1. The van der Waals surface area contributed by atoms with Crippen molar-refractivity contribution in [1.82, 2.24) is 4.98 Å². The van der Waals surface area contributed by atoms with Crippen molar-refractivity contribution in [1.29, 1.82) is 5.26 Å². The Kier molecular flexibility index (Phi) is 2.92. The first-order valence-corrected chi connectivity index (χ1v) is 6.19. The second kappa shape index (κ2) is 4.22. The van der Waals surface area contributed by atoms with E-state index in [1.807, 2.05) is 12.3 Å². The molecule has 1 heterocycles. The van der Waals surface area contributed by atoms with E-state index in [9.17, 15) is 4.79 Å². The summed E-state index contributed by atoms with van der Waals surface area (Å²) in [6, 6.07) is 2.17. The molecule has 0 bridgehead atoms. The van der Waals surface area contributed by atoms with Gasteiger partial charge in [-0.05, 0) is 19.8 Å². The van der Waals surface area contributed by atoms with Crippen LogP contribution in [0.2, 0.25) is 0 Å². The van der Waals surface area contributed by atoms with Crippen LogP contribution in [0.4, 0.5) is 5.13 Å². The van der Waals surface area contributed by atoms with Crippen LogP contribution in [0.5, 0.6) is 0 Å². The molecule has 1 amide bonds. The van der Waals surface area contributed by atoms with Crippen LogP contribution in [0, 0.1) is 23.7 Å². The zero-order valence-corrected chi connectivity index (χ0v) is 9.93. The first-order valence-electron chi connectivity index (χ1n) is 5.31. The minimum absolute atomic E-state index is 0.193. The van der Waals surface area contributed by atoms with Gasteiger partial charge < -0.3 is 5.32 Å². The largest absolute Gasteiger partial charge is 0.301 e. The van der Waals surface area contributed by atoms with Crippen molar-refractivity contribution in [3.8, 4) is 6.07 Å². The van der Waals surface area contributed by atoms with Crippen LogP contribution in [0.3, 0.4) is 0 Å². The van der Waals surface area contributed by atoms with E-state index in [1.165, 1.54) is 11.3 Å². The van der Waals surface area contributed by atoms with Crippen LogP contribution < -0.4 is 5.32 Å². The fraction of sp³-hybridized carbons (Fsp3) is 0.545. The molecule has 5 heteroatoms. The molecule has 1 saturated carbocycles. The summed E-state index contributed by atoms with van der Waals surface area (Å²) in [6.07, 6.45) is 3.25. The highest BCUT2D eigenvalue weighted by molar-refractivity contribution is 7.13. The summed E-state index contributed by atoms with van der Waals surface area (Å²) in [4.78, 5) is 16.2. The number of thiazole rings is 1. The van der Waals surface area contributed by atoms with Gasteiger partial charge in [-0.1, -0.05) is 12.8 Å². The van der Waals surface area contributed by atoms with Crippen molar-refractivity contribution in [2.75, 3.05) is 5.32 Å². The second-order valence-corrected chi connectivity index (χ2v) is 5.01. The third-order valence-corrected chi connectivity index (χ3v) is 3.82. The Morgan fingerprint density at radius 1 is 1.62 bits per heavy atom. The summed E-state index contributed by atoms with van der Waals surface area (Å²) in [5.74, 6) is -0.193. The van der Waals surface area contributed by atoms with Gasteiger partial charge in [-0.3, -0.25) is 4.79 Å². The maximum absolute atomic E-state index is 12.0. The number of rotatable bonds is 2. The van der Waals surface area contributed by atoms with Crippen molar-refractivity contribution in [3.63, 3.8) is 0 Å². The van der Waals surface area contributed by atoms with Crippen molar-refractivity contribution in [2.45, 2.75) is 32.6 Å². The molecule has 0 aromatic carbocycles. The molecule has 0 aliphatic heterocycles. The van der Waals surface area contributed by atoms with E-state index in [0.29, 0.717) is 18.0 Å². The number of hydrogen-bond donors (Lipinski definition) is 1.